The van der Waals surface area contributed by atoms with Crippen LogP contribution in [0.3, 0.4) is 0 Å². The number of hydrogen-bond donors (Lipinski definition) is 0. The number of esters is 1. The summed E-state index contributed by atoms with van der Waals surface area (Å²) in [6.45, 7) is 13.9. The lowest BCUT2D eigenvalue weighted by molar-refractivity contribution is -0.148. The topological polar surface area (TPSA) is 52.6 Å². The monoisotopic (exact) mass is 440 g/mol. The molecule has 0 bridgehead atoms. The van der Waals surface area contributed by atoms with Gasteiger partial charge in [-0.3, -0.25) is 9.59 Å². The maximum Gasteiger partial charge on any atom is 0.316 e. The van der Waals surface area contributed by atoms with Gasteiger partial charge in [0.25, 0.3) is 0 Å². The first-order valence-electron chi connectivity index (χ1n) is 12.0. The van der Waals surface area contributed by atoms with Crippen molar-refractivity contribution in [3.8, 4) is 0 Å². The highest BCUT2D eigenvalue weighted by molar-refractivity contribution is 6.25. The summed E-state index contributed by atoms with van der Waals surface area (Å²) in [6, 6.07) is 4.21. The van der Waals surface area contributed by atoms with Crippen molar-refractivity contribution in [1.82, 2.24) is 0 Å². The van der Waals surface area contributed by atoms with Gasteiger partial charge in [-0.15, -0.1) is 0 Å². The highest BCUT2D eigenvalue weighted by Gasteiger charge is 2.41. The predicted octanol–water partition coefficient (Wildman–Crippen LogP) is 6.49. The van der Waals surface area contributed by atoms with Gasteiger partial charge in [-0.1, -0.05) is 17.7 Å². The molecule has 0 N–H and O–H groups in total. The van der Waals surface area contributed by atoms with E-state index in [-0.39, 0.29) is 23.3 Å². The number of methoxy groups -OCH3 is 1. The van der Waals surface area contributed by atoms with Crippen LogP contribution < -0.4 is 0 Å². The lowest BCUT2D eigenvalue weighted by Crippen LogP contribution is -2.33. The second-order valence-electron chi connectivity index (χ2n) is 11.3. The van der Waals surface area contributed by atoms with E-state index < -0.39 is 5.41 Å². The van der Waals surface area contributed by atoms with E-state index in [1.54, 1.807) is 7.11 Å². The van der Waals surface area contributed by atoms with Crippen LogP contribution in [0.2, 0.25) is 0 Å². The van der Waals surface area contributed by atoms with Gasteiger partial charge < -0.3 is 9.47 Å². The number of carbonyl (C=O) groups excluding carboxylic acids is 2. The summed E-state index contributed by atoms with van der Waals surface area (Å²) < 4.78 is 11.6. The molecule has 32 heavy (non-hydrogen) atoms. The number of benzene rings is 1. The number of ketones is 1. The molecule has 1 unspecified atom stereocenters. The molecule has 0 amide bonds. The summed E-state index contributed by atoms with van der Waals surface area (Å²) in [5.74, 6) is 0.801. The largest absolute Gasteiger partial charge is 0.430 e. The first-order chi connectivity index (χ1) is 14.8. The predicted molar refractivity (Wildman–Crippen MR) is 128 cm³/mol. The quantitative estimate of drug-likeness (QED) is 0.491. The van der Waals surface area contributed by atoms with Gasteiger partial charge in [-0.2, -0.15) is 0 Å². The van der Waals surface area contributed by atoms with Gasteiger partial charge in [0, 0.05) is 19.4 Å². The van der Waals surface area contributed by atoms with Crippen molar-refractivity contribution in [3.05, 3.63) is 40.1 Å². The average molecular weight is 441 g/mol. The van der Waals surface area contributed by atoms with Crippen molar-refractivity contribution in [1.29, 1.82) is 0 Å². The lowest BCUT2D eigenvalue weighted by atomic mass is 9.75. The van der Waals surface area contributed by atoms with Crippen LogP contribution in [0, 0.1) is 38.0 Å². The molecule has 1 fully saturated rings. The minimum absolute atomic E-state index is 0.0386. The van der Waals surface area contributed by atoms with Gasteiger partial charge in [-0.05, 0) is 103 Å². The number of Topliss-reactive ketones (excluding diaryl/α,β-unsaturated/α-hetero) is 1. The van der Waals surface area contributed by atoms with Gasteiger partial charge in [0.05, 0.1) is 16.6 Å². The number of hydrogen-bond acceptors (Lipinski definition) is 4. The van der Waals surface area contributed by atoms with Gasteiger partial charge in [0.2, 0.25) is 0 Å². The van der Waals surface area contributed by atoms with Crippen LogP contribution in [0.25, 0.3) is 5.57 Å². The molecule has 0 spiro atoms. The van der Waals surface area contributed by atoms with Crippen LogP contribution in [-0.2, 0) is 19.1 Å². The zero-order valence-corrected chi connectivity index (χ0v) is 21.2. The molecule has 1 aromatic carbocycles. The van der Waals surface area contributed by atoms with E-state index in [2.05, 4.69) is 26.0 Å². The van der Waals surface area contributed by atoms with Gasteiger partial charge >= 0.3 is 5.97 Å². The SMILES string of the molecule is COC1(C)CCC(CC2CC(OC(=O)C(C)(C)C)=C(c3c(C)cc(C)cc3C)C2=O)CC1. The van der Waals surface area contributed by atoms with E-state index in [0.717, 1.165) is 48.8 Å². The molecule has 0 aromatic heterocycles. The van der Waals surface area contributed by atoms with Crippen LogP contribution in [0.1, 0.15) is 88.5 Å². The van der Waals surface area contributed by atoms with Crippen LogP contribution >= 0.6 is 0 Å². The summed E-state index contributed by atoms with van der Waals surface area (Å²) in [4.78, 5) is 26.5. The molecular formula is C28H40O4. The van der Waals surface area contributed by atoms with Crippen LogP contribution in [0.5, 0.6) is 0 Å². The molecule has 1 saturated carbocycles. The third-order valence-electron chi connectivity index (χ3n) is 7.36. The summed E-state index contributed by atoms with van der Waals surface area (Å²) in [6.07, 6.45) is 5.56. The van der Waals surface area contributed by atoms with E-state index in [9.17, 15) is 9.59 Å². The Morgan fingerprint density at radius 1 is 1.09 bits per heavy atom. The maximum absolute atomic E-state index is 13.7. The Bertz CT molecular complexity index is 900. The molecule has 1 aromatic rings. The van der Waals surface area contributed by atoms with Crippen molar-refractivity contribution < 1.29 is 19.1 Å². The summed E-state index contributed by atoms with van der Waals surface area (Å²) in [5, 5.41) is 0. The molecule has 2 aliphatic carbocycles. The fraction of sp³-hybridized carbons (Fsp3) is 0.643. The third kappa shape index (κ3) is 5.17. The Labute approximate surface area is 193 Å². The van der Waals surface area contributed by atoms with Crippen molar-refractivity contribution in [2.45, 2.75) is 92.6 Å². The molecule has 176 valence electrons. The van der Waals surface area contributed by atoms with E-state index in [0.29, 0.717) is 23.7 Å². The smallest absolute Gasteiger partial charge is 0.316 e. The minimum atomic E-state index is -0.620. The van der Waals surface area contributed by atoms with Gasteiger partial charge in [-0.25, -0.2) is 0 Å². The number of allylic oxidation sites excluding steroid dienone is 2. The summed E-state index contributed by atoms with van der Waals surface area (Å²) >= 11 is 0. The van der Waals surface area contributed by atoms with E-state index in [4.69, 9.17) is 9.47 Å². The minimum Gasteiger partial charge on any atom is -0.430 e. The molecule has 4 heteroatoms. The van der Waals surface area contributed by atoms with Crippen LogP contribution in [0.4, 0.5) is 0 Å². The van der Waals surface area contributed by atoms with Crippen molar-refractivity contribution in [3.63, 3.8) is 0 Å². The first-order valence-corrected chi connectivity index (χ1v) is 12.0. The number of carbonyl (C=O) groups is 2. The highest BCUT2D eigenvalue weighted by atomic mass is 16.5. The molecule has 3 rings (SSSR count). The van der Waals surface area contributed by atoms with E-state index in [1.165, 1.54) is 5.56 Å². The fourth-order valence-corrected chi connectivity index (χ4v) is 5.28. The first kappa shape index (κ1) is 24.7. The van der Waals surface area contributed by atoms with Crippen molar-refractivity contribution in [2.24, 2.45) is 17.3 Å². The Balaban J connectivity index is 1.89. The van der Waals surface area contributed by atoms with Crippen molar-refractivity contribution in [2.75, 3.05) is 7.11 Å². The molecule has 0 saturated heterocycles. The normalized spacial score (nSPS) is 26.6. The molecule has 2 aliphatic rings. The molecule has 0 aliphatic heterocycles. The number of aryl methyl sites for hydroxylation is 3. The molecule has 0 heterocycles. The zero-order chi connectivity index (χ0) is 23.8. The maximum atomic E-state index is 13.7. The lowest BCUT2D eigenvalue weighted by Gasteiger charge is -2.36. The standard InChI is InChI=1S/C28H40O4/c1-17-13-18(2)23(19(3)14-17)24-22(32-26(30)27(4,5)6)16-21(25(24)29)15-20-9-11-28(7,31-8)12-10-20/h13-14,20-21H,9-12,15-16H2,1-8H3. The van der Waals surface area contributed by atoms with E-state index in [1.807, 2.05) is 34.6 Å². The number of rotatable bonds is 5. The summed E-state index contributed by atoms with van der Waals surface area (Å²) in [5.41, 5.74) is 4.19. The highest BCUT2D eigenvalue weighted by Crippen LogP contribution is 2.44. The third-order valence-corrected chi connectivity index (χ3v) is 7.36. The second-order valence-corrected chi connectivity index (χ2v) is 11.3. The Morgan fingerprint density at radius 3 is 2.16 bits per heavy atom. The van der Waals surface area contributed by atoms with Crippen molar-refractivity contribution >= 4 is 17.3 Å². The zero-order valence-electron chi connectivity index (χ0n) is 21.2. The fourth-order valence-electron chi connectivity index (χ4n) is 5.28. The van der Waals surface area contributed by atoms with E-state index >= 15 is 0 Å². The molecular weight excluding hydrogens is 400 g/mol. The van der Waals surface area contributed by atoms with Gasteiger partial charge in [0.15, 0.2) is 5.78 Å². The Kier molecular flexibility index (Phi) is 7.05. The summed E-state index contributed by atoms with van der Waals surface area (Å²) in [7, 11) is 1.79. The molecule has 1 atom stereocenters. The average Bonchev–Trinajstić information content (AvgIpc) is 2.98. The van der Waals surface area contributed by atoms with Gasteiger partial charge in [0.1, 0.15) is 5.76 Å². The number of ether oxygens (including phenoxy) is 2. The van der Waals surface area contributed by atoms with Crippen LogP contribution in [0.15, 0.2) is 17.9 Å². The second kappa shape index (κ2) is 9.13. The van der Waals surface area contributed by atoms with Crippen LogP contribution in [-0.4, -0.2) is 24.5 Å². The molecule has 0 radical (unpaired) electrons. The Hall–Kier alpha value is -1.94. The Morgan fingerprint density at radius 2 is 1.66 bits per heavy atom. The molecule has 4 nitrogen and oxygen atoms in total.